The summed E-state index contributed by atoms with van der Waals surface area (Å²) in [6.07, 6.45) is 1.18. The second-order valence-electron chi connectivity index (χ2n) is 11.6. The highest BCUT2D eigenvalue weighted by atomic mass is 19.1. The van der Waals surface area contributed by atoms with Crippen molar-refractivity contribution in [3.8, 4) is 11.9 Å². The van der Waals surface area contributed by atoms with E-state index in [0.29, 0.717) is 35.4 Å². The number of likely N-dealkylation sites (tertiary alicyclic amines) is 1. The van der Waals surface area contributed by atoms with Crippen LogP contribution in [0.3, 0.4) is 0 Å². The zero-order chi connectivity index (χ0) is 29.5. The minimum Gasteiger partial charge on any atom is -0.473 e. The molecule has 2 N–H and O–H groups in total. The van der Waals surface area contributed by atoms with Gasteiger partial charge in [-0.1, -0.05) is 12.1 Å². The molecule has 7 rings (SSSR count). The van der Waals surface area contributed by atoms with Gasteiger partial charge in [-0.2, -0.15) is 10.2 Å². The number of nitriles is 1. The Bertz CT molecular complexity index is 1720. The van der Waals surface area contributed by atoms with Crippen LogP contribution in [0.5, 0.6) is 5.88 Å². The summed E-state index contributed by atoms with van der Waals surface area (Å²) in [6.45, 7) is 5.99. The van der Waals surface area contributed by atoms with Crippen molar-refractivity contribution in [2.45, 2.75) is 32.2 Å². The summed E-state index contributed by atoms with van der Waals surface area (Å²) in [4.78, 5) is 26.3. The molecule has 0 aliphatic carbocycles. The fourth-order valence-electron chi connectivity index (χ4n) is 6.43. The Labute approximate surface area is 248 Å². The molecule has 3 saturated heterocycles. The molecule has 2 aromatic heterocycles. The molecule has 0 saturated carbocycles. The molecule has 3 aliphatic heterocycles. The maximum atomic E-state index is 14.3. The summed E-state index contributed by atoms with van der Waals surface area (Å²) in [5, 5.41) is 8.95. The maximum Gasteiger partial charge on any atom is 0.248 e. The predicted octanol–water partition coefficient (Wildman–Crippen LogP) is 3.48. The fourth-order valence-corrected chi connectivity index (χ4v) is 6.43. The summed E-state index contributed by atoms with van der Waals surface area (Å²) in [6, 6.07) is 17.4. The largest absolute Gasteiger partial charge is 0.473 e. The lowest BCUT2D eigenvalue weighted by atomic mass is 10.0. The van der Waals surface area contributed by atoms with Crippen molar-refractivity contribution in [3.05, 3.63) is 82.9 Å². The summed E-state index contributed by atoms with van der Waals surface area (Å²) in [7, 11) is 0. The van der Waals surface area contributed by atoms with Crippen molar-refractivity contribution >= 4 is 22.8 Å². The van der Waals surface area contributed by atoms with E-state index < -0.39 is 11.7 Å². The molecule has 0 radical (unpaired) electrons. The molecule has 1 amide bonds. The predicted molar refractivity (Wildman–Crippen MR) is 157 cm³/mol. The normalized spacial score (nSPS) is 21.5. The summed E-state index contributed by atoms with van der Waals surface area (Å²) >= 11 is 0. The summed E-state index contributed by atoms with van der Waals surface area (Å²) in [5.74, 6) is 2.38. The molecule has 3 aliphatic rings. The van der Waals surface area contributed by atoms with E-state index >= 15 is 0 Å². The van der Waals surface area contributed by atoms with Gasteiger partial charge < -0.3 is 24.7 Å². The van der Waals surface area contributed by atoms with Gasteiger partial charge in [0.2, 0.25) is 11.8 Å². The third-order valence-electron chi connectivity index (χ3n) is 8.81. The van der Waals surface area contributed by atoms with E-state index in [1.807, 2.05) is 30.3 Å². The van der Waals surface area contributed by atoms with Crippen LogP contribution in [-0.4, -0.2) is 64.2 Å². The second-order valence-corrected chi connectivity index (χ2v) is 11.6. The van der Waals surface area contributed by atoms with Crippen LogP contribution < -0.4 is 15.4 Å². The molecular formula is C32H32FN7O3. The number of amides is 1. The van der Waals surface area contributed by atoms with Gasteiger partial charge in [0.25, 0.3) is 0 Å². The molecular weight excluding hydrogens is 549 g/mol. The van der Waals surface area contributed by atoms with Crippen molar-refractivity contribution in [2.75, 3.05) is 37.7 Å². The number of anilines is 1. The van der Waals surface area contributed by atoms with E-state index in [1.54, 1.807) is 24.3 Å². The van der Waals surface area contributed by atoms with Gasteiger partial charge in [-0.05, 0) is 54.7 Å². The van der Waals surface area contributed by atoms with Gasteiger partial charge in [0, 0.05) is 50.0 Å². The molecule has 3 fully saturated rings. The van der Waals surface area contributed by atoms with Gasteiger partial charge in [-0.25, -0.2) is 9.37 Å². The summed E-state index contributed by atoms with van der Waals surface area (Å²) in [5.41, 5.74) is 8.48. The first kappa shape index (κ1) is 27.3. The first-order valence-corrected chi connectivity index (χ1v) is 14.6. The minimum atomic E-state index is -0.463. The SMILES string of the molecule is N#Cc1ccc(COc2cccc(N3C[C@H]4CN(Cc5nc6ccc(C(N)=O)cc6n5C[C@@H]5CCO5)C[C@H]4C3)n2)c(F)c1. The molecule has 11 heteroatoms. The number of nitrogens with two attached hydrogens (primary N) is 1. The smallest absolute Gasteiger partial charge is 0.248 e. The molecule has 3 atom stereocenters. The lowest BCUT2D eigenvalue weighted by Crippen LogP contribution is -2.33. The van der Waals surface area contributed by atoms with E-state index in [-0.39, 0.29) is 18.3 Å². The number of carbonyl (C=O) groups excluding carboxylic acids is 1. The third kappa shape index (κ3) is 5.51. The Balaban J connectivity index is 0.999. The van der Waals surface area contributed by atoms with Crippen molar-refractivity contribution in [1.29, 1.82) is 5.26 Å². The van der Waals surface area contributed by atoms with Crippen LogP contribution in [0.25, 0.3) is 11.0 Å². The van der Waals surface area contributed by atoms with Gasteiger partial charge in [0.05, 0.1) is 41.9 Å². The number of aromatic nitrogens is 3. The summed E-state index contributed by atoms with van der Waals surface area (Å²) < 4.78 is 28.0. The molecule has 5 heterocycles. The molecule has 0 unspecified atom stereocenters. The first-order chi connectivity index (χ1) is 20.9. The number of pyridine rings is 1. The van der Waals surface area contributed by atoms with Gasteiger partial charge in [-0.15, -0.1) is 0 Å². The van der Waals surface area contributed by atoms with Crippen LogP contribution in [0.15, 0.2) is 54.6 Å². The van der Waals surface area contributed by atoms with E-state index in [4.69, 9.17) is 30.4 Å². The number of nitrogens with zero attached hydrogens (tertiary/aromatic N) is 6. The molecule has 0 spiro atoms. The van der Waals surface area contributed by atoms with E-state index in [2.05, 4.69) is 14.4 Å². The second kappa shape index (κ2) is 11.3. The van der Waals surface area contributed by atoms with Crippen molar-refractivity contribution in [1.82, 2.24) is 19.4 Å². The Morgan fingerprint density at radius 3 is 2.60 bits per heavy atom. The number of carbonyl (C=O) groups is 1. The number of benzene rings is 2. The van der Waals surface area contributed by atoms with E-state index in [0.717, 1.165) is 68.4 Å². The molecule has 220 valence electrons. The van der Waals surface area contributed by atoms with Crippen LogP contribution in [0, 0.1) is 29.0 Å². The number of hydrogen-bond donors (Lipinski definition) is 1. The third-order valence-corrected chi connectivity index (χ3v) is 8.81. The molecule has 10 nitrogen and oxygen atoms in total. The van der Waals surface area contributed by atoms with Crippen LogP contribution in [0.2, 0.25) is 0 Å². The van der Waals surface area contributed by atoms with Gasteiger partial charge in [0.1, 0.15) is 24.1 Å². The molecule has 43 heavy (non-hydrogen) atoms. The van der Waals surface area contributed by atoms with Gasteiger partial charge in [0.15, 0.2) is 0 Å². The topological polar surface area (TPSA) is 123 Å². The van der Waals surface area contributed by atoms with E-state index in [1.165, 1.54) is 6.07 Å². The van der Waals surface area contributed by atoms with Crippen LogP contribution in [0.1, 0.15) is 33.7 Å². The van der Waals surface area contributed by atoms with E-state index in [9.17, 15) is 9.18 Å². The number of ether oxygens (including phenoxy) is 2. The monoisotopic (exact) mass is 581 g/mol. The van der Waals surface area contributed by atoms with Gasteiger partial charge in [-0.3, -0.25) is 9.69 Å². The minimum absolute atomic E-state index is 0.0374. The van der Waals surface area contributed by atoms with Crippen molar-refractivity contribution in [2.24, 2.45) is 17.6 Å². The Kier molecular flexibility index (Phi) is 7.16. The number of primary amides is 1. The molecule has 0 bridgehead atoms. The fraction of sp³-hybridized carbons (Fsp3) is 0.375. The quantitative estimate of drug-likeness (QED) is 0.319. The molecule has 4 aromatic rings. The zero-order valence-electron chi connectivity index (χ0n) is 23.7. The standard InChI is InChI=1S/C32H32FN7O3/c33-26-10-20(12-34)4-5-22(26)19-43-31-3-1-2-29(37-31)39-15-23-13-38(14-24(23)16-39)18-30-36-27-7-6-21(32(35)41)11-28(27)40(30)17-25-8-9-42-25/h1-7,10-11,23-25H,8-9,13-19H2,(H2,35,41)/t23-,24+,25-/m0/s1. The van der Waals surface area contributed by atoms with Crippen molar-refractivity contribution in [3.63, 3.8) is 0 Å². The van der Waals surface area contributed by atoms with Crippen LogP contribution in [-0.2, 0) is 24.4 Å². The first-order valence-electron chi connectivity index (χ1n) is 14.6. The highest BCUT2D eigenvalue weighted by Gasteiger charge is 2.41. The lowest BCUT2D eigenvalue weighted by molar-refractivity contribution is -0.0591. The number of halogens is 1. The molecule has 2 aromatic carbocycles. The number of imidazole rings is 1. The van der Waals surface area contributed by atoms with Crippen LogP contribution in [0.4, 0.5) is 10.2 Å². The number of hydrogen-bond acceptors (Lipinski definition) is 8. The number of fused-ring (bicyclic) bond motifs is 2. The maximum absolute atomic E-state index is 14.3. The average Bonchev–Trinajstić information content (AvgIpc) is 3.65. The Morgan fingerprint density at radius 1 is 1.09 bits per heavy atom. The Morgan fingerprint density at radius 2 is 1.91 bits per heavy atom. The van der Waals surface area contributed by atoms with Crippen molar-refractivity contribution < 1.29 is 18.7 Å². The highest BCUT2D eigenvalue weighted by molar-refractivity contribution is 5.96. The van der Waals surface area contributed by atoms with Gasteiger partial charge >= 0.3 is 0 Å². The highest BCUT2D eigenvalue weighted by Crippen LogP contribution is 2.35. The average molecular weight is 582 g/mol. The number of rotatable bonds is 9. The lowest BCUT2D eigenvalue weighted by Gasteiger charge is -2.28. The van der Waals surface area contributed by atoms with Crippen LogP contribution >= 0.6 is 0 Å². The Hall–Kier alpha value is -4.53. The zero-order valence-corrected chi connectivity index (χ0v) is 23.7.